The Morgan fingerprint density at radius 3 is 2.74 bits per heavy atom. The molecule has 3 atom stereocenters. The van der Waals surface area contributed by atoms with E-state index in [1.165, 1.54) is 11.3 Å². The zero-order valence-corrected chi connectivity index (χ0v) is 19.2. The number of ether oxygens (including phenoxy) is 2. The Bertz CT molecular complexity index is 999. The van der Waals surface area contributed by atoms with Crippen molar-refractivity contribution >= 4 is 39.3 Å². The first-order valence-corrected chi connectivity index (χ1v) is 11.6. The zero-order chi connectivity index (χ0) is 22.3. The van der Waals surface area contributed by atoms with Crippen LogP contribution in [0.15, 0.2) is 12.3 Å². The number of hydrogen-bond donors (Lipinski definition) is 0. The average molecular weight is 448 g/mol. The molecule has 0 bridgehead atoms. The van der Waals surface area contributed by atoms with Gasteiger partial charge in [0.15, 0.2) is 12.0 Å². The van der Waals surface area contributed by atoms with Gasteiger partial charge in [0, 0.05) is 18.5 Å². The average Bonchev–Trinajstić information content (AvgIpc) is 3.29. The minimum Gasteiger partial charge on any atom is -0.443 e. The van der Waals surface area contributed by atoms with Crippen molar-refractivity contribution in [3.8, 4) is 0 Å². The third-order valence-electron chi connectivity index (χ3n) is 5.57. The van der Waals surface area contributed by atoms with Crippen LogP contribution in [-0.2, 0) is 14.3 Å². The standard InChI is InChI=1S/C22H29N3O5S/c1-13-9-15(19(27)24(12-13)21(28)30-22(2,3)4)18(26)16-10-14-11-23-25(20(14)31-16)17-7-5-6-8-29-17/h10-11,13,15,17H,5-9,12H2,1-4H3. The quantitative estimate of drug-likeness (QED) is 0.512. The largest absolute Gasteiger partial charge is 0.443 e. The van der Waals surface area contributed by atoms with Crippen molar-refractivity contribution in [1.82, 2.24) is 14.7 Å². The second kappa shape index (κ2) is 8.35. The summed E-state index contributed by atoms with van der Waals surface area (Å²) >= 11 is 1.33. The van der Waals surface area contributed by atoms with E-state index in [-0.39, 0.29) is 24.5 Å². The highest BCUT2D eigenvalue weighted by molar-refractivity contribution is 7.20. The van der Waals surface area contributed by atoms with Crippen LogP contribution in [0.5, 0.6) is 0 Å². The molecule has 0 N–H and O–H groups in total. The fourth-order valence-electron chi connectivity index (χ4n) is 4.13. The van der Waals surface area contributed by atoms with Gasteiger partial charge in [0.05, 0.1) is 11.1 Å². The molecule has 2 fully saturated rings. The van der Waals surface area contributed by atoms with Crippen LogP contribution in [0.1, 0.15) is 69.3 Å². The van der Waals surface area contributed by atoms with Gasteiger partial charge in [0.25, 0.3) is 0 Å². The van der Waals surface area contributed by atoms with E-state index >= 15 is 0 Å². The number of aromatic nitrogens is 2. The van der Waals surface area contributed by atoms with Gasteiger partial charge in [-0.15, -0.1) is 11.3 Å². The number of likely N-dealkylation sites (tertiary alicyclic amines) is 1. The molecule has 2 aromatic heterocycles. The molecule has 0 aromatic carbocycles. The maximum atomic E-state index is 13.3. The molecule has 31 heavy (non-hydrogen) atoms. The van der Waals surface area contributed by atoms with Crippen LogP contribution in [0.25, 0.3) is 10.2 Å². The van der Waals surface area contributed by atoms with Crippen molar-refractivity contribution in [3.05, 3.63) is 17.1 Å². The molecule has 168 valence electrons. The molecule has 2 amide bonds. The lowest BCUT2D eigenvalue weighted by molar-refractivity contribution is -0.136. The lowest BCUT2D eigenvalue weighted by Crippen LogP contribution is -2.51. The second-order valence-corrected chi connectivity index (χ2v) is 10.5. The molecular weight excluding hydrogens is 418 g/mol. The minimum absolute atomic E-state index is 0.0136. The number of imide groups is 1. The van der Waals surface area contributed by atoms with Crippen molar-refractivity contribution in [3.63, 3.8) is 0 Å². The Labute approximate surface area is 185 Å². The maximum absolute atomic E-state index is 13.3. The molecule has 0 radical (unpaired) electrons. The lowest BCUT2D eigenvalue weighted by atomic mass is 9.86. The summed E-state index contributed by atoms with van der Waals surface area (Å²) in [6, 6.07) is 1.79. The summed E-state index contributed by atoms with van der Waals surface area (Å²) in [7, 11) is 0. The Morgan fingerprint density at radius 1 is 1.29 bits per heavy atom. The third-order valence-corrected chi connectivity index (χ3v) is 6.72. The molecule has 4 rings (SSSR count). The van der Waals surface area contributed by atoms with E-state index in [1.54, 1.807) is 33.0 Å². The number of hydrogen-bond acceptors (Lipinski definition) is 7. The first kappa shape index (κ1) is 22.0. The summed E-state index contributed by atoms with van der Waals surface area (Å²) in [5, 5.41) is 5.31. The normalized spacial score (nSPS) is 25.1. The minimum atomic E-state index is -0.883. The first-order chi connectivity index (χ1) is 14.6. The number of carbonyl (C=O) groups is 3. The summed E-state index contributed by atoms with van der Waals surface area (Å²) in [5.41, 5.74) is -0.712. The molecule has 3 unspecified atom stereocenters. The summed E-state index contributed by atoms with van der Waals surface area (Å²) in [4.78, 5) is 41.4. The molecule has 2 aromatic rings. The summed E-state index contributed by atoms with van der Waals surface area (Å²) < 4.78 is 13.1. The molecule has 2 aliphatic heterocycles. The molecule has 4 heterocycles. The summed E-state index contributed by atoms with van der Waals surface area (Å²) in [5.74, 6) is -1.60. The molecule has 8 nitrogen and oxygen atoms in total. The van der Waals surface area contributed by atoms with E-state index in [0.717, 1.165) is 34.4 Å². The molecule has 2 aliphatic rings. The number of Topliss-reactive ketones (excluding diaryl/α,β-unsaturated/α-hetero) is 1. The Balaban J connectivity index is 1.56. The number of amides is 2. The number of thiophene rings is 1. The van der Waals surface area contributed by atoms with Crippen LogP contribution in [0, 0.1) is 11.8 Å². The van der Waals surface area contributed by atoms with E-state index in [9.17, 15) is 14.4 Å². The molecule has 2 saturated heterocycles. The van der Waals surface area contributed by atoms with Crippen molar-refractivity contribution in [2.24, 2.45) is 11.8 Å². The fraction of sp³-hybridized carbons (Fsp3) is 0.636. The van der Waals surface area contributed by atoms with Gasteiger partial charge in [-0.25, -0.2) is 14.4 Å². The van der Waals surface area contributed by atoms with Crippen LogP contribution in [0.2, 0.25) is 0 Å². The first-order valence-electron chi connectivity index (χ1n) is 10.8. The predicted octanol–water partition coefficient (Wildman–Crippen LogP) is 4.40. The SMILES string of the molecule is CC1CC(C(=O)c2cc3cnn(C4CCCCO4)c3s2)C(=O)N(C(=O)OC(C)(C)C)C1. The third kappa shape index (κ3) is 4.52. The van der Waals surface area contributed by atoms with Gasteiger partial charge in [-0.2, -0.15) is 5.10 Å². The van der Waals surface area contributed by atoms with Crippen molar-refractivity contribution in [2.45, 2.75) is 65.2 Å². The number of fused-ring (bicyclic) bond motifs is 1. The van der Waals surface area contributed by atoms with Crippen molar-refractivity contribution in [1.29, 1.82) is 0 Å². The van der Waals surface area contributed by atoms with Crippen LogP contribution in [0.4, 0.5) is 4.79 Å². The molecular formula is C22H29N3O5S. The topological polar surface area (TPSA) is 90.7 Å². The molecule has 9 heteroatoms. The predicted molar refractivity (Wildman–Crippen MR) is 116 cm³/mol. The Hall–Kier alpha value is -2.26. The van der Waals surface area contributed by atoms with Crippen LogP contribution < -0.4 is 0 Å². The second-order valence-electron chi connectivity index (χ2n) is 9.47. The van der Waals surface area contributed by atoms with Crippen LogP contribution in [0.3, 0.4) is 0 Å². The highest BCUT2D eigenvalue weighted by Crippen LogP contribution is 2.34. The number of ketones is 1. The lowest BCUT2D eigenvalue weighted by Gasteiger charge is -2.34. The van der Waals surface area contributed by atoms with Crippen molar-refractivity contribution < 1.29 is 23.9 Å². The number of nitrogens with zero attached hydrogens (tertiary/aromatic N) is 3. The van der Waals surface area contributed by atoms with E-state index in [0.29, 0.717) is 17.9 Å². The van der Waals surface area contributed by atoms with Gasteiger partial charge < -0.3 is 9.47 Å². The van der Waals surface area contributed by atoms with Gasteiger partial charge >= 0.3 is 6.09 Å². The monoisotopic (exact) mass is 447 g/mol. The van der Waals surface area contributed by atoms with E-state index in [1.807, 2.05) is 11.6 Å². The van der Waals surface area contributed by atoms with Gasteiger partial charge in [0.1, 0.15) is 16.3 Å². The zero-order valence-electron chi connectivity index (χ0n) is 18.4. The van der Waals surface area contributed by atoms with Gasteiger partial charge in [-0.3, -0.25) is 9.59 Å². The molecule has 0 saturated carbocycles. The number of rotatable bonds is 3. The van der Waals surface area contributed by atoms with E-state index in [4.69, 9.17) is 9.47 Å². The maximum Gasteiger partial charge on any atom is 0.417 e. The van der Waals surface area contributed by atoms with Gasteiger partial charge in [-0.05, 0) is 58.4 Å². The van der Waals surface area contributed by atoms with Gasteiger partial charge in [0.2, 0.25) is 5.91 Å². The number of piperidine rings is 1. The number of carbonyl (C=O) groups excluding carboxylic acids is 3. The fourth-order valence-corrected chi connectivity index (χ4v) is 5.25. The summed E-state index contributed by atoms with van der Waals surface area (Å²) in [6.45, 7) is 8.16. The summed E-state index contributed by atoms with van der Waals surface area (Å²) in [6.07, 6.45) is 4.36. The highest BCUT2D eigenvalue weighted by atomic mass is 32.1. The molecule has 0 spiro atoms. The smallest absolute Gasteiger partial charge is 0.417 e. The van der Waals surface area contributed by atoms with E-state index < -0.39 is 23.5 Å². The Kier molecular flexibility index (Phi) is 5.91. The van der Waals surface area contributed by atoms with Crippen LogP contribution >= 0.6 is 11.3 Å². The Morgan fingerprint density at radius 2 is 2.06 bits per heavy atom. The van der Waals surface area contributed by atoms with E-state index in [2.05, 4.69) is 5.10 Å². The molecule has 0 aliphatic carbocycles. The van der Waals surface area contributed by atoms with Gasteiger partial charge in [-0.1, -0.05) is 6.92 Å². The van der Waals surface area contributed by atoms with Crippen molar-refractivity contribution in [2.75, 3.05) is 13.2 Å². The van der Waals surface area contributed by atoms with Crippen LogP contribution in [-0.4, -0.2) is 51.2 Å². The highest BCUT2D eigenvalue weighted by Gasteiger charge is 2.42.